The summed E-state index contributed by atoms with van der Waals surface area (Å²) in [6.45, 7) is 3.09. The highest BCUT2D eigenvalue weighted by atomic mass is 19.1. The molecule has 24 heavy (non-hydrogen) atoms. The van der Waals surface area contributed by atoms with E-state index < -0.39 is 0 Å². The van der Waals surface area contributed by atoms with Crippen molar-refractivity contribution in [3.05, 3.63) is 64.5 Å². The van der Waals surface area contributed by atoms with Crippen LogP contribution in [-0.2, 0) is 6.61 Å². The largest absolute Gasteiger partial charge is 0.497 e. The van der Waals surface area contributed by atoms with Gasteiger partial charge in [0.1, 0.15) is 23.9 Å². The predicted molar refractivity (Wildman–Crippen MR) is 93.7 cm³/mol. The molecule has 3 rings (SSSR count). The molecule has 4 heteroatoms. The van der Waals surface area contributed by atoms with Crippen molar-refractivity contribution in [2.75, 3.05) is 13.7 Å². The Balaban J connectivity index is 2.29. The summed E-state index contributed by atoms with van der Waals surface area (Å²) < 4.78 is 25.2. The molecule has 0 saturated carbocycles. The second kappa shape index (κ2) is 7.05. The molecule has 126 valence electrons. The predicted octanol–water partition coefficient (Wildman–Crippen LogP) is 4.29. The number of methoxy groups -OCH3 is 1. The van der Waals surface area contributed by atoms with Gasteiger partial charge in [-0.25, -0.2) is 4.39 Å². The van der Waals surface area contributed by atoms with Gasteiger partial charge in [-0.15, -0.1) is 0 Å². The van der Waals surface area contributed by atoms with Crippen LogP contribution in [0.3, 0.4) is 0 Å². The summed E-state index contributed by atoms with van der Waals surface area (Å²) in [6.07, 6.45) is 1.63. The molecule has 0 radical (unpaired) electrons. The molecule has 0 atom stereocenters. The molecular weight excluding hydrogens is 305 g/mol. The van der Waals surface area contributed by atoms with E-state index in [0.29, 0.717) is 18.9 Å². The Hall–Kier alpha value is -2.33. The van der Waals surface area contributed by atoms with Gasteiger partial charge in [-0.2, -0.15) is 0 Å². The number of ether oxygens (including phenoxy) is 2. The van der Waals surface area contributed by atoms with Gasteiger partial charge in [0.25, 0.3) is 0 Å². The van der Waals surface area contributed by atoms with Crippen LogP contribution in [-0.4, -0.2) is 13.7 Å². The maximum Gasteiger partial charge on any atom is 0.127 e. The summed E-state index contributed by atoms with van der Waals surface area (Å²) in [5.41, 5.74) is 10.9. The van der Waals surface area contributed by atoms with E-state index >= 15 is 0 Å². The van der Waals surface area contributed by atoms with E-state index in [1.165, 1.54) is 11.6 Å². The van der Waals surface area contributed by atoms with E-state index in [2.05, 4.69) is 6.92 Å². The fourth-order valence-electron chi connectivity index (χ4n) is 3.22. The molecule has 0 aliphatic carbocycles. The summed E-state index contributed by atoms with van der Waals surface area (Å²) in [5.74, 6) is 1.21. The van der Waals surface area contributed by atoms with Gasteiger partial charge in [-0.3, -0.25) is 0 Å². The molecule has 2 aromatic carbocycles. The van der Waals surface area contributed by atoms with Crippen LogP contribution in [0.25, 0.3) is 5.57 Å². The smallest absolute Gasteiger partial charge is 0.127 e. The van der Waals surface area contributed by atoms with Gasteiger partial charge in [0.2, 0.25) is 0 Å². The highest BCUT2D eigenvalue weighted by molar-refractivity contribution is 5.87. The molecule has 0 saturated heterocycles. The molecule has 3 nitrogen and oxygen atoms in total. The lowest BCUT2D eigenvalue weighted by Gasteiger charge is -2.16. The van der Waals surface area contributed by atoms with Crippen LogP contribution in [0.2, 0.25) is 0 Å². The molecule has 0 unspecified atom stereocenters. The third-order valence-electron chi connectivity index (χ3n) is 4.40. The summed E-state index contributed by atoms with van der Waals surface area (Å²) >= 11 is 0. The van der Waals surface area contributed by atoms with Crippen molar-refractivity contribution in [1.29, 1.82) is 0 Å². The minimum atomic E-state index is -0.269. The molecule has 1 aliphatic heterocycles. The van der Waals surface area contributed by atoms with Crippen LogP contribution < -0.4 is 15.2 Å². The maximum absolute atomic E-state index is 13.9. The zero-order valence-electron chi connectivity index (χ0n) is 14.1. The molecule has 2 N–H and O–H groups in total. The number of rotatable bonds is 4. The highest BCUT2D eigenvalue weighted by Gasteiger charge is 2.22. The van der Waals surface area contributed by atoms with Crippen molar-refractivity contribution in [2.24, 2.45) is 5.73 Å². The first-order valence-corrected chi connectivity index (χ1v) is 8.20. The third-order valence-corrected chi connectivity index (χ3v) is 4.40. The Morgan fingerprint density at radius 2 is 2.04 bits per heavy atom. The Kier molecular flexibility index (Phi) is 4.86. The summed E-state index contributed by atoms with van der Waals surface area (Å²) in [7, 11) is 1.64. The van der Waals surface area contributed by atoms with Gasteiger partial charge in [-0.05, 0) is 60.9 Å². The van der Waals surface area contributed by atoms with Gasteiger partial charge in [-0.1, -0.05) is 18.6 Å². The average molecular weight is 327 g/mol. The molecule has 2 aromatic rings. The molecular formula is C20H22FNO2. The Bertz CT molecular complexity index is 783. The van der Waals surface area contributed by atoms with Crippen LogP contribution >= 0.6 is 0 Å². The standard InChI is InChI=1S/C20H22FNO2/c1-3-13(8-9-22)20-17-6-5-16(23-2)10-14(17)12-24-19-7-4-15(21)11-18(19)20/h4-7,10-11H,3,8-9,12,22H2,1-2H3/b20-13-. The fourth-order valence-corrected chi connectivity index (χ4v) is 3.22. The Morgan fingerprint density at radius 1 is 1.21 bits per heavy atom. The van der Waals surface area contributed by atoms with Crippen LogP contribution in [0.15, 0.2) is 42.0 Å². The van der Waals surface area contributed by atoms with Crippen molar-refractivity contribution in [2.45, 2.75) is 26.4 Å². The van der Waals surface area contributed by atoms with Crippen molar-refractivity contribution in [3.8, 4) is 11.5 Å². The first-order valence-electron chi connectivity index (χ1n) is 8.20. The lowest BCUT2D eigenvalue weighted by atomic mass is 9.88. The Morgan fingerprint density at radius 3 is 2.75 bits per heavy atom. The SMILES string of the molecule is CC/C(CCN)=C1\c2ccc(OC)cc2COc2ccc(F)cc21. The van der Waals surface area contributed by atoms with Gasteiger partial charge < -0.3 is 15.2 Å². The number of fused-ring (bicyclic) bond motifs is 2. The topological polar surface area (TPSA) is 44.5 Å². The van der Waals surface area contributed by atoms with E-state index in [0.717, 1.165) is 40.9 Å². The first-order chi connectivity index (χ1) is 11.7. The Labute approximate surface area is 141 Å². The van der Waals surface area contributed by atoms with Crippen molar-refractivity contribution in [3.63, 3.8) is 0 Å². The van der Waals surface area contributed by atoms with Crippen molar-refractivity contribution < 1.29 is 13.9 Å². The second-order valence-corrected chi connectivity index (χ2v) is 5.82. The van der Waals surface area contributed by atoms with E-state index in [-0.39, 0.29) is 5.82 Å². The van der Waals surface area contributed by atoms with Crippen molar-refractivity contribution in [1.82, 2.24) is 0 Å². The molecule has 0 amide bonds. The molecule has 0 bridgehead atoms. The molecule has 1 aliphatic rings. The zero-order valence-corrected chi connectivity index (χ0v) is 14.1. The van der Waals surface area contributed by atoms with Crippen LogP contribution in [0.4, 0.5) is 4.39 Å². The van der Waals surface area contributed by atoms with Gasteiger partial charge in [0.15, 0.2) is 0 Å². The monoisotopic (exact) mass is 327 g/mol. The van der Waals surface area contributed by atoms with Crippen molar-refractivity contribution >= 4 is 5.57 Å². The van der Waals surface area contributed by atoms with Gasteiger partial charge in [0, 0.05) is 11.1 Å². The number of benzene rings is 2. The number of halogens is 1. The average Bonchev–Trinajstić information content (AvgIpc) is 2.75. The van der Waals surface area contributed by atoms with Crippen LogP contribution in [0.1, 0.15) is 36.5 Å². The van der Waals surface area contributed by atoms with Gasteiger partial charge in [0.05, 0.1) is 7.11 Å². The van der Waals surface area contributed by atoms with E-state index in [1.807, 2.05) is 18.2 Å². The highest BCUT2D eigenvalue weighted by Crippen LogP contribution is 2.41. The normalized spacial score (nSPS) is 15.0. The molecule has 0 aromatic heterocycles. The number of hydrogen-bond donors (Lipinski definition) is 1. The van der Waals surface area contributed by atoms with E-state index in [4.69, 9.17) is 15.2 Å². The third kappa shape index (κ3) is 3.02. The second-order valence-electron chi connectivity index (χ2n) is 5.82. The van der Waals surface area contributed by atoms with Crippen LogP contribution in [0, 0.1) is 5.82 Å². The quantitative estimate of drug-likeness (QED) is 0.911. The minimum absolute atomic E-state index is 0.269. The first kappa shape index (κ1) is 16.5. The summed E-state index contributed by atoms with van der Waals surface area (Å²) in [5, 5.41) is 0. The number of nitrogens with two attached hydrogens (primary N) is 1. The lowest BCUT2D eigenvalue weighted by molar-refractivity contribution is 0.306. The molecule has 0 spiro atoms. The zero-order chi connectivity index (χ0) is 17.1. The summed E-state index contributed by atoms with van der Waals surface area (Å²) in [6, 6.07) is 10.6. The lowest BCUT2D eigenvalue weighted by Crippen LogP contribution is -2.04. The molecule has 1 heterocycles. The fraction of sp³-hybridized carbons (Fsp3) is 0.300. The molecule has 0 fully saturated rings. The summed E-state index contributed by atoms with van der Waals surface area (Å²) in [4.78, 5) is 0. The number of hydrogen-bond acceptors (Lipinski definition) is 3. The van der Waals surface area contributed by atoms with Crippen LogP contribution in [0.5, 0.6) is 11.5 Å². The van der Waals surface area contributed by atoms with E-state index in [9.17, 15) is 4.39 Å². The van der Waals surface area contributed by atoms with Gasteiger partial charge >= 0.3 is 0 Å². The maximum atomic E-state index is 13.9. The minimum Gasteiger partial charge on any atom is -0.497 e. The van der Waals surface area contributed by atoms with E-state index in [1.54, 1.807) is 19.2 Å².